The lowest BCUT2D eigenvalue weighted by Crippen LogP contribution is -2.27. The number of hydrogen-bond donors (Lipinski definition) is 2. The molecule has 0 spiro atoms. The van der Waals surface area contributed by atoms with Crippen molar-refractivity contribution in [2.45, 2.75) is 13.8 Å². The first-order chi connectivity index (χ1) is 5.31. The monoisotopic (exact) mass is 179 g/mol. The van der Waals surface area contributed by atoms with Gasteiger partial charge < -0.3 is 10.1 Å². The normalized spacial score (nSPS) is 8.00. The highest BCUT2D eigenvalue weighted by Gasteiger charge is 1.92. The third-order valence-corrected chi connectivity index (χ3v) is 1.06. The van der Waals surface area contributed by atoms with E-state index in [1.165, 1.54) is 0 Å². The van der Waals surface area contributed by atoms with Crippen molar-refractivity contribution in [2.75, 3.05) is 26.0 Å². The first-order valence-corrected chi connectivity index (χ1v) is 4.31. The molecule has 0 saturated heterocycles. The summed E-state index contributed by atoms with van der Waals surface area (Å²) in [5.74, 6) is 0.180. The number of thiol groups is 1. The van der Waals surface area contributed by atoms with Crippen molar-refractivity contribution >= 4 is 18.5 Å². The summed E-state index contributed by atoms with van der Waals surface area (Å²) >= 11 is 3.76. The predicted octanol–water partition coefficient (Wildman–Crippen LogP) is 0.705. The summed E-state index contributed by atoms with van der Waals surface area (Å²) < 4.78 is 4.70. The van der Waals surface area contributed by atoms with E-state index in [9.17, 15) is 4.79 Å². The summed E-state index contributed by atoms with van der Waals surface area (Å²) in [5, 5.41) is 2.59. The van der Waals surface area contributed by atoms with Crippen LogP contribution in [0.1, 0.15) is 13.8 Å². The van der Waals surface area contributed by atoms with Gasteiger partial charge in [0.1, 0.15) is 0 Å². The zero-order valence-electron chi connectivity index (χ0n) is 7.39. The minimum absolute atomic E-state index is 0.0598. The average molecular weight is 179 g/mol. The van der Waals surface area contributed by atoms with Gasteiger partial charge in [0, 0.05) is 13.7 Å². The van der Waals surface area contributed by atoms with E-state index in [2.05, 4.69) is 17.9 Å². The van der Waals surface area contributed by atoms with E-state index in [1.807, 2.05) is 13.8 Å². The maximum absolute atomic E-state index is 10.4. The number of carbonyl (C=O) groups excluding carboxylic acids is 1. The van der Waals surface area contributed by atoms with Gasteiger partial charge in [0.15, 0.2) is 0 Å². The van der Waals surface area contributed by atoms with Gasteiger partial charge in [-0.2, -0.15) is 12.6 Å². The Morgan fingerprint density at radius 1 is 1.55 bits per heavy atom. The van der Waals surface area contributed by atoms with Crippen LogP contribution in [0.2, 0.25) is 0 Å². The van der Waals surface area contributed by atoms with Crippen LogP contribution >= 0.6 is 12.6 Å². The quantitative estimate of drug-likeness (QED) is 0.492. The largest absolute Gasteiger partial charge is 0.383 e. The molecule has 0 atom stereocenters. The molecule has 0 radical (unpaired) electrons. The standard InChI is InChI=1S/C5H11NO2S.C2H6/c1-8-3-2-6-5(7)4-9;1-2/h9H,2-4H2,1H3,(H,6,7);1-2H3. The average Bonchev–Trinajstić information content (AvgIpc) is 2.08. The van der Waals surface area contributed by atoms with Crippen LogP contribution < -0.4 is 5.32 Å². The Kier molecular flexibility index (Phi) is 15.1. The van der Waals surface area contributed by atoms with E-state index in [-0.39, 0.29) is 11.7 Å². The highest BCUT2D eigenvalue weighted by Crippen LogP contribution is 1.72. The fourth-order valence-electron chi connectivity index (χ4n) is 0.348. The van der Waals surface area contributed by atoms with Gasteiger partial charge in [0.05, 0.1) is 12.4 Å². The van der Waals surface area contributed by atoms with E-state index in [4.69, 9.17) is 4.74 Å². The number of rotatable bonds is 4. The van der Waals surface area contributed by atoms with Crippen LogP contribution in [-0.4, -0.2) is 31.9 Å². The van der Waals surface area contributed by atoms with Crippen LogP contribution in [0.3, 0.4) is 0 Å². The topological polar surface area (TPSA) is 38.3 Å². The lowest BCUT2D eigenvalue weighted by molar-refractivity contribution is -0.118. The van der Waals surface area contributed by atoms with Crippen LogP contribution in [0.25, 0.3) is 0 Å². The van der Waals surface area contributed by atoms with E-state index in [0.29, 0.717) is 13.2 Å². The molecule has 0 rings (SSSR count). The highest BCUT2D eigenvalue weighted by atomic mass is 32.1. The summed E-state index contributed by atoms with van der Waals surface area (Å²) in [4.78, 5) is 10.4. The molecule has 0 aliphatic rings. The molecule has 0 fully saturated rings. The third-order valence-electron chi connectivity index (χ3n) is 0.772. The first-order valence-electron chi connectivity index (χ1n) is 3.67. The van der Waals surface area contributed by atoms with Gasteiger partial charge in [0.2, 0.25) is 5.91 Å². The van der Waals surface area contributed by atoms with Gasteiger partial charge in [-0.15, -0.1) is 0 Å². The smallest absolute Gasteiger partial charge is 0.229 e. The molecular formula is C7H17NO2S. The lowest BCUT2D eigenvalue weighted by Gasteiger charge is -1.99. The maximum atomic E-state index is 10.4. The third kappa shape index (κ3) is 12.9. The van der Waals surface area contributed by atoms with Crippen molar-refractivity contribution in [3.05, 3.63) is 0 Å². The van der Waals surface area contributed by atoms with Crippen molar-refractivity contribution in [3.8, 4) is 0 Å². The van der Waals surface area contributed by atoms with Crippen molar-refractivity contribution < 1.29 is 9.53 Å². The molecule has 0 heterocycles. The molecular weight excluding hydrogens is 162 g/mol. The van der Waals surface area contributed by atoms with E-state index in [0.717, 1.165) is 0 Å². The van der Waals surface area contributed by atoms with Crippen LogP contribution in [0.4, 0.5) is 0 Å². The Morgan fingerprint density at radius 2 is 2.09 bits per heavy atom. The molecule has 1 amide bonds. The van der Waals surface area contributed by atoms with Crippen molar-refractivity contribution in [1.29, 1.82) is 0 Å². The van der Waals surface area contributed by atoms with Crippen molar-refractivity contribution in [1.82, 2.24) is 5.32 Å². The minimum Gasteiger partial charge on any atom is -0.383 e. The van der Waals surface area contributed by atoms with E-state index >= 15 is 0 Å². The Bertz CT molecular complexity index is 88.5. The van der Waals surface area contributed by atoms with Crippen LogP contribution in [0.5, 0.6) is 0 Å². The van der Waals surface area contributed by atoms with E-state index < -0.39 is 0 Å². The molecule has 0 aliphatic heterocycles. The second-order valence-electron chi connectivity index (χ2n) is 1.50. The molecule has 0 bridgehead atoms. The van der Waals surface area contributed by atoms with Crippen molar-refractivity contribution in [2.24, 2.45) is 0 Å². The molecule has 0 saturated carbocycles. The van der Waals surface area contributed by atoms with Gasteiger partial charge in [0.25, 0.3) is 0 Å². The van der Waals surface area contributed by atoms with Gasteiger partial charge in [-0.25, -0.2) is 0 Å². The SMILES string of the molecule is CC.COCCNC(=O)CS. The minimum atomic E-state index is -0.0598. The number of amides is 1. The number of nitrogens with one attached hydrogen (secondary N) is 1. The van der Waals surface area contributed by atoms with Crippen molar-refractivity contribution in [3.63, 3.8) is 0 Å². The number of ether oxygens (including phenoxy) is 1. The zero-order valence-corrected chi connectivity index (χ0v) is 8.28. The summed E-state index contributed by atoms with van der Waals surface area (Å²) in [6.45, 7) is 5.12. The fourth-order valence-corrected chi connectivity index (χ4v) is 0.460. The van der Waals surface area contributed by atoms with Crippen LogP contribution in [-0.2, 0) is 9.53 Å². The first kappa shape index (κ1) is 13.4. The van der Waals surface area contributed by atoms with Gasteiger partial charge in [-0.3, -0.25) is 4.79 Å². The molecule has 0 aromatic heterocycles. The Morgan fingerprint density at radius 3 is 2.45 bits per heavy atom. The second-order valence-corrected chi connectivity index (χ2v) is 1.82. The molecule has 0 aromatic carbocycles. The Hall–Kier alpha value is -0.220. The highest BCUT2D eigenvalue weighted by molar-refractivity contribution is 7.81. The number of carbonyl (C=O) groups is 1. The van der Waals surface area contributed by atoms with Gasteiger partial charge in [-0.05, 0) is 0 Å². The summed E-state index contributed by atoms with van der Waals surface area (Å²) in [7, 11) is 1.59. The Balaban J connectivity index is 0. The molecule has 11 heavy (non-hydrogen) atoms. The number of methoxy groups -OCH3 is 1. The maximum Gasteiger partial charge on any atom is 0.229 e. The number of hydrogen-bond acceptors (Lipinski definition) is 3. The molecule has 0 aliphatic carbocycles. The molecule has 4 heteroatoms. The second kappa shape index (κ2) is 12.5. The summed E-state index contributed by atoms with van der Waals surface area (Å²) in [6.07, 6.45) is 0. The molecule has 1 N–H and O–H groups in total. The van der Waals surface area contributed by atoms with Gasteiger partial charge in [-0.1, -0.05) is 13.8 Å². The molecule has 0 unspecified atom stereocenters. The molecule has 3 nitrogen and oxygen atoms in total. The van der Waals surface area contributed by atoms with Crippen LogP contribution in [0, 0.1) is 0 Å². The fraction of sp³-hybridized carbons (Fsp3) is 0.857. The molecule has 68 valence electrons. The summed E-state index contributed by atoms with van der Waals surface area (Å²) in [6, 6.07) is 0. The Labute approximate surface area is 73.9 Å². The van der Waals surface area contributed by atoms with E-state index in [1.54, 1.807) is 7.11 Å². The van der Waals surface area contributed by atoms with Gasteiger partial charge >= 0.3 is 0 Å². The molecule has 0 aromatic rings. The van der Waals surface area contributed by atoms with Crippen LogP contribution in [0.15, 0.2) is 0 Å². The predicted molar refractivity (Wildman–Crippen MR) is 50.1 cm³/mol. The summed E-state index contributed by atoms with van der Waals surface area (Å²) in [5.41, 5.74) is 0. The zero-order chi connectivity index (χ0) is 9.11. The lowest BCUT2D eigenvalue weighted by atomic mass is 10.6.